The maximum atomic E-state index is 13.1. The number of piperidine rings is 2. The Morgan fingerprint density at radius 3 is 2.17 bits per heavy atom. The number of carbonyl (C=O) groups is 3. The first-order valence-corrected chi connectivity index (χ1v) is 19.8. The van der Waals surface area contributed by atoms with E-state index in [1.807, 2.05) is 24.3 Å². The molecule has 5 aliphatic rings. The topological polar surface area (TPSA) is 96.4 Å². The molecule has 3 saturated heterocycles. The zero-order valence-corrected chi connectivity index (χ0v) is 30.8. The molecule has 9 nitrogen and oxygen atoms in total. The summed E-state index contributed by atoms with van der Waals surface area (Å²) in [5.41, 5.74) is 9.39. The molecular weight excluding hydrogens is 675 g/mol. The lowest BCUT2D eigenvalue weighted by atomic mass is 9.69. The van der Waals surface area contributed by atoms with Crippen molar-refractivity contribution in [2.24, 2.45) is 5.92 Å². The third-order valence-corrected chi connectivity index (χ3v) is 12.8. The molecule has 1 aliphatic carbocycles. The molecule has 4 heterocycles. The van der Waals surface area contributed by atoms with E-state index in [1.165, 1.54) is 40.8 Å². The van der Waals surface area contributed by atoms with Crippen LogP contribution >= 0.6 is 0 Å². The van der Waals surface area contributed by atoms with Crippen molar-refractivity contribution in [1.82, 2.24) is 15.1 Å². The maximum Gasteiger partial charge on any atom is 0.255 e. The zero-order chi connectivity index (χ0) is 36.8. The van der Waals surface area contributed by atoms with E-state index in [9.17, 15) is 19.5 Å². The Bertz CT molecular complexity index is 2030. The summed E-state index contributed by atoms with van der Waals surface area (Å²) in [5, 5.41) is 12.6. The largest absolute Gasteiger partial charge is 0.508 e. The second-order valence-corrected chi connectivity index (χ2v) is 16.0. The number of nitrogens with zero attached hydrogens (tertiary/aromatic N) is 4. The van der Waals surface area contributed by atoms with Crippen LogP contribution in [0.3, 0.4) is 0 Å². The summed E-state index contributed by atoms with van der Waals surface area (Å²) in [7, 11) is 0. The summed E-state index contributed by atoms with van der Waals surface area (Å²) < 4.78 is 0. The second-order valence-electron chi connectivity index (χ2n) is 16.0. The van der Waals surface area contributed by atoms with E-state index >= 15 is 0 Å². The van der Waals surface area contributed by atoms with E-state index in [2.05, 4.69) is 86.7 Å². The number of amides is 3. The van der Waals surface area contributed by atoms with E-state index < -0.39 is 6.04 Å². The molecule has 3 fully saturated rings. The number of phenolic OH excluding ortho intramolecular Hbond substituents is 1. The van der Waals surface area contributed by atoms with E-state index in [0.717, 1.165) is 69.9 Å². The summed E-state index contributed by atoms with van der Waals surface area (Å²) in [6, 6.07) is 31.7. The van der Waals surface area contributed by atoms with Crippen molar-refractivity contribution >= 4 is 29.1 Å². The lowest BCUT2D eigenvalue weighted by molar-refractivity contribution is -0.136. The summed E-state index contributed by atoms with van der Waals surface area (Å²) >= 11 is 0. The normalized spacial score (nSPS) is 23.7. The van der Waals surface area contributed by atoms with Gasteiger partial charge in [-0.3, -0.25) is 24.6 Å². The molecule has 3 amide bonds. The van der Waals surface area contributed by atoms with E-state index in [1.54, 1.807) is 4.90 Å². The van der Waals surface area contributed by atoms with Gasteiger partial charge < -0.3 is 19.8 Å². The smallest absolute Gasteiger partial charge is 0.255 e. The van der Waals surface area contributed by atoms with Crippen LogP contribution in [0.5, 0.6) is 5.75 Å². The fourth-order valence-corrected chi connectivity index (χ4v) is 9.86. The van der Waals surface area contributed by atoms with Gasteiger partial charge in [0.2, 0.25) is 11.8 Å². The molecule has 0 radical (unpaired) electrons. The average molecular weight is 724 g/mol. The molecule has 2 N–H and O–H groups in total. The molecule has 0 aromatic heterocycles. The van der Waals surface area contributed by atoms with Crippen LogP contribution in [0.1, 0.15) is 82.1 Å². The van der Waals surface area contributed by atoms with Gasteiger partial charge in [-0.1, -0.05) is 48.5 Å². The van der Waals surface area contributed by atoms with Crippen molar-refractivity contribution in [2.45, 2.75) is 62.9 Å². The van der Waals surface area contributed by atoms with E-state index in [4.69, 9.17) is 0 Å². The van der Waals surface area contributed by atoms with Crippen LogP contribution in [-0.4, -0.2) is 84.5 Å². The summed E-state index contributed by atoms with van der Waals surface area (Å²) in [4.78, 5) is 46.5. The van der Waals surface area contributed by atoms with Crippen molar-refractivity contribution in [3.8, 4) is 5.75 Å². The number of carbonyl (C=O) groups excluding carboxylic acids is 3. The average Bonchev–Trinajstić information content (AvgIpc) is 3.53. The van der Waals surface area contributed by atoms with Gasteiger partial charge in [0.1, 0.15) is 11.8 Å². The molecule has 4 aromatic carbocycles. The molecule has 0 bridgehead atoms. The van der Waals surface area contributed by atoms with Crippen molar-refractivity contribution in [3.63, 3.8) is 0 Å². The SMILES string of the molecule is O=C1CC[C@H](N2Cc3cc(N4CCN(CC5CCN(c6ccc([C@@H]7c8ccc(O)cc8CC[C@@H]7c7ccccc7)cc6)CC5)CC4)ccc3C2=O)C(=O)N1. The van der Waals surface area contributed by atoms with Gasteiger partial charge >= 0.3 is 0 Å². The van der Waals surface area contributed by atoms with Crippen LogP contribution < -0.4 is 15.1 Å². The van der Waals surface area contributed by atoms with Gasteiger partial charge in [-0.05, 0) is 114 Å². The first-order valence-electron chi connectivity index (χ1n) is 19.8. The zero-order valence-electron chi connectivity index (χ0n) is 30.8. The fourth-order valence-electron chi connectivity index (χ4n) is 9.86. The van der Waals surface area contributed by atoms with Crippen LogP contribution in [-0.2, 0) is 22.6 Å². The van der Waals surface area contributed by atoms with Gasteiger partial charge in [0.25, 0.3) is 5.91 Å². The Hall–Kier alpha value is -5.15. The Labute approximate surface area is 317 Å². The van der Waals surface area contributed by atoms with Crippen molar-refractivity contribution in [3.05, 3.63) is 124 Å². The molecule has 54 heavy (non-hydrogen) atoms. The van der Waals surface area contributed by atoms with Gasteiger partial charge in [0.15, 0.2) is 0 Å². The minimum Gasteiger partial charge on any atom is -0.508 e. The van der Waals surface area contributed by atoms with Gasteiger partial charge in [0.05, 0.1) is 0 Å². The molecule has 0 spiro atoms. The van der Waals surface area contributed by atoms with Crippen LogP contribution in [0.4, 0.5) is 11.4 Å². The number of imide groups is 1. The monoisotopic (exact) mass is 723 g/mol. The Morgan fingerprint density at radius 1 is 0.667 bits per heavy atom. The Balaban J connectivity index is 0.780. The molecule has 0 unspecified atom stereocenters. The summed E-state index contributed by atoms with van der Waals surface area (Å²) in [5.74, 6) is 0.955. The molecular formula is C45H49N5O4. The first-order chi connectivity index (χ1) is 26.4. The number of nitrogens with one attached hydrogen (secondary N) is 1. The number of aryl methyl sites for hydroxylation is 1. The highest BCUT2D eigenvalue weighted by molar-refractivity contribution is 6.05. The van der Waals surface area contributed by atoms with Gasteiger partial charge in [-0.2, -0.15) is 0 Å². The maximum absolute atomic E-state index is 13.1. The van der Waals surface area contributed by atoms with Gasteiger partial charge in [-0.25, -0.2) is 0 Å². The summed E-state index contributed by atoms with van der Waals surface area (Å²) in [6.45, 7) is 7.64. The molecule has 0 saturated carbocycles. The van der Waals surface area contributed by atoms with Crippen molar-refractivity contribution < 1.29 is 19.5 Å². The second kappa shape index (κ2) is 14.6. The van der Waals surface area contributed by atoms with Crippen LogP contribution in [0.15, 0.2) is 91.0 Å². The quantitative estimate of drug-likeness (QED) is 0.224. The number of piperazine rings is 1. The highest BCUT2D eigenvalue weighted by atomic mass is 16.3. The molecule has 3 atom stereocenters. The number of benzene rings is 4. The predicted octanol–water partition coefficient (Wildman–Crippen LogP) is 6.05. The summed E-state index contributed by atoms with van der Waals surface area (Å²) in [6.07, 6.45) is 5.08. The number of anilines is 2. The lowest BCUT2D eigenvalue weighted by Gasteiger charge is -2.40. The number of hydrogen-bond donors (Lipinski definition) is 2. The van der Waals surface area contributed by atoms with Crippen LogP contribution in [0, 0.1) is 5.92 Å². The highest BCUT2D eigenvalue weighted by Crippen LogP contribution is 2.47. The molecule has 4 aromatic rings. The number of hydrogen-bond acceptors (Lipinski definition) is 7. The number of phenols is 1. The third kappa shape index (κ3) is 6.74. The fraction of sp³-hybridized carbons (Fsp3) is 0.400. The standard InChI is InChI=1S/C45H49N5O4/c51-37-12-15-39-33(27-37)8-13-38(31-4-2-1-3-5-31)43(39)32-6-9-35(10-7-32)48-20-18-30(19-21-48)28-47-22-24-49(25-23-47)36-11-14-40-34(26-36)29-50(45(40)54)41-16-17-42(52)46-44(41)53/h1-7,9-12,14-15,26-27,30,38,41,43,51H,8,13,16-25,28-29H2,(H,46,52,53)/t38-,41+,43+/m1/s1. The Morgan fingerprint density at radius 2 is 1.41 bits per heavy atom. The molecule has 9 heteroatoms. The molecule has 278 valence electrons. The Kier molecular flexibility index (Phi) is 9.35. The number of fused-ring (bicyclic) bond motifs is 2. The molecule has 4 aliphatic heterocycles. The van der Waals surface area contributed by atoms with Crippen molar-refractivity contribution in [2.75, 3.05) is 55.6 Å². The number of rotatable bonds is 7. The first kappa shape index (κ1) is 34.6. The number of aromatic hydroxyl groups is 1. The van der Waals surface area contributed by atoms with Crippen molar-refractivity contribution in [1.29, 1.82) is 0 Å². The van der Waals surface area contributed by atoms with Gasteiger partial charge in [-0.15, -0.1) is 0 Å². The van der Waals surface area contributed by atoms with Crippen LogP contribution in [0.2, 0.25) is 0 Å². The minimum absolute atomic E-state index is 0.121. The molecule has 9 rings (SSSR count). The minimum atomic E-state index is -0.585. The highest BCUT2D eigenvalue weighted by Gasteiger charge is 2.39. The van der Waals surface area contributed by atoms with Crippen LogP contribution in [0.25, 0.3) is 0 Å². The van der Waals surface area contributed by atoms with Gasteiger partial charge in [0, 0.05) is 81.6 Å². The lowest BCUT2D eigenvalue weighted by Crippen LogP contribution is -2.52. The van der Waals surface area contributed by atoms with E-state index in [-0.39, 0.29) is 30.1 Å². The van der Waals surface area contributed by atoms with E-state index in [0.29, 0.717) is 36.1 Å². The predicted molar refractivity (Wildman–Crippen MR) is 210 cm³/mol. The third-order valence-electron chi connectivity index (χ3n) is 12.8.